The van der Waals surface area contributed by atoms with Crippen LogP contribution in [0.4, 0.5) is 15.9 Å². The molecule has 8 heteroatoms. The smallest absolute Gasteiger partial charge is 0.330 e. The highest BCUT2D eigenvalue weighted by Crippen LogP contribution is 2.22. The summed E-state index contributed by atoms with van der Waals surface area (Å²) in [5.41, 5.74) is 5.81. The fraction of sp³-hybridized carbons (Fsp3) is 0.450. The summed E-state index contributed by atoms with van der Waals surface area (Å²) in [6.45, 7) is 6.76. The van der Waals surface area contributed by atoms with E-state index in [4.69, 9.17) is 11.0 Å². The van der Waals surface area contributed by atoms with E-state index in [0.717, 1.165) is 12.8 Å². The van der Waals surface area contributed by atoms with Gasteiger partial charge < -0.3 is 10.6 Å². The van der Waals surface area contributed by atoms with Crippen molar-refractivity contribution in [3.05, 3.63) is 56.0 Å². The van der Waals surface area contributed by atoms with E-state index in [-0.39, 0.29) is 29.5 Å². The first kappa shape index (κ1) is 21.2. The molecule has 0 aliphatic carbocycles. The zero-order valence-electron chi connectivity index (χ0n) is 16.5. The number of nitrogens with two attached hydrogens (primary N) is 1. The Morgan fingerprint density at radius 3 is 2.68 bits per heavy atom. The minimum Gasteiger partial charge on any atom is -0.383 e. The molecule has 150 valence electrons. The minimum absolute atomic E-state index is 0.0640. The summed E-state index contributed by atoms with van der Waals surface area (Å²) in [6.07, 6.45) is 1.61. The van der Waals surface area contributed by atoms with Crippen LogP contribution in [0.3, 0.4) is 0 Å². The molecule has 28 heavy (non-hydrogen) atoms. The first-order valence-electron chi connectivity index (χ1n) is 9.34. The summed E-state index contributed by atoms with van der Waals surface area (Å²) in [6, 6.07) is 6.09. The largest absolute Gasteiger partial charge is 0.383 e. The Balaban J connectivity index is 2.56. The molecule has 2 rings (SSSR count). The third kappa shape index (κ3) is 4.80. The zero-order valence-corrected chi connectivity index (χ0v) is 16.5. The summed E-state index contributed by atoms with van der Waals surface area (Å²) in [5.74, 6) is -0.256. The van der Waals surface area contributed by atoms with Crippen molar-refractivity contribution in [2.75, 3.05) is 17.2 Å². The molecule has 0 aliphatic heterocycles. The summed E-state index contributed by atoms with van der Waals surface area (Å²) in [4.78, 5) is 28.8. The number of unbranched alkanes of at least 4 members (excludes halogenated alkanes) is 1. The maximum atomic E-state index is 14.3. The van der Waals surface area contributed by atoms with E-state index in [1.807, 2.05) is 26.8 Å². The van der Waals surface area contributed by atoms with Crippen molar-refractivity contribution in [1.82, 2.24) is 9.55 Å². The van der Waals surface area contributed by atoms with E-state index in [1.54, 1.807) is 4.90 Å². The molecule has 7 nitrogen and oxygen atoms in total. The van der Waals surface area contributed by atoms with Crippen LogP contribution in [0.15, 0.2) is 27.8 Å². The topological polar surface area (TPSA) is 108 Å². The number of halogens is 1. The predicted molar refractivity (Wildman–Crippen MR) is 108 cm³/mol. The summed E-state index contributed by atoms with van der Waals surface area (Å²) in [5, 5.41) is 9.09. The maximum Gasteiger partial charge on any atom is 0.330 e. The number of nitrogens with one attached hydrogen (secondary N) is 1. The van der Waals surface area contributed by atoms with Gasteiger partial charge >= 0.3 is 5.69 Å². The maximum absolute atomic E-state index is 14.3. The molecule has 0 unspecified atom stereocenters. The highest BCUT2D eigenvalue weighted by atomic mass is 19.1. The molecule has 0 atom stereocenters. The van der Waals surface area contributed by atoms with Crippen molar-refractivity contribution in [2.24, 2.45) is 5.92 Å². The van der Waals surface area contributed by atoms with Gasteiger partial charge in [-0.3, -0.25) is 14.3 Å². The Kier molecular flexibility index (Phi) is 6.99. The minimum atomic E-state index is -0.601. The molecule has 0 fully saturated rings. The van der Waals surface area contributed by atoms with Gasteiger partial charge in [0.15, 0.2) is 0 Å². The molecule has 0 saturated heterocycles. The first-order chi connectivity index (χ1) is 13.3. The van der Waals surface area contributed by atoms with Crippen LogP contribution in [0.1, 0.15) is 44.7 Å². The lowest BCUT2D eigenvalue weighted by Crippen LogP contribution is -2.39. The highest BCUT2D eigenvalue weighted by Gasteiger charge is 2.20. The average Bonchev–Trinajstić information content (AvgIpc) is 2.64. The lowest BCUT2D eigenvalue weighted by Gasteiger charge is -2.27. The Hall–Kier alpha value is -3.08. The van der Waals surface area contributed by atoms with Crippen molar-refractivity contribution in [3.8, 4) is 6.07 Å². The molecular formula is C20H26FN5O2. The Bertz CT molecular complexity index is 988. The van der Waals surface area contributed by atoms with Gasteiger partial charge in [-0.25, -0.2) is 9.18 Å². The predicted octanol–water partition coefficient (Wildman–Crippen LogP) is 2.59. The van der Waals surface area contributed by atoms with Gasteiger partial charge in [0.2, 0.25) is 0 Å². The Morgan fingerprint density at radius 1 is 1.36 bits per heavy atom. The van der Waals surface area contributed by atoms with Crippen LogP contribution >= 0.6 is 0 Å². The van der Waals surface area contributed by atoms with Gasteiger partial charge in [-0.2, -0.15) is 5.26 Å². The average molecular weight is 387 g/mol. The molecular weight excluding hydrogens is 361 g/mol. The van der Waals surface area contributed by atoms with Gasteiger partial charge in [0, 0.05) is 25.2 Å². The number of nitrogens with zero attached hydrogens (tertiary/aromatic N) is 3. The lowest BCUT2D eigenvalue weighted by atomic mass is 10.1. The van der Waals surface area contributed by atoms with E-state index in [2.05, 4.69) is 4.98 Å². The number of benzene rings is 1. The third-order valence-corrected chi connectivity index (χ3v) is 4.40. The molecule has 0 bridgehead atoms. The number of aromatic nitrogens is 2. The molecule has 0 radical (unpaired) electrons. The van der Waals surface area contributed by atoms with Crippen LogP contribution in [0.25, 0.3) is 0 Å². The van der Waals surface area contributed by atoms with E-state index in [1.165, 1.54) is 22.8 Å². The molecule has 1 aromatic carbocycles. The standard InChI is InChI=1S/C20H26FN5O2/c1-4-5-8-25(12-15-9-14(10-22)6-7-16(15)21)17-18(23)26(11-13(2)3)20(28)24-19(17)27/h6-7,9,13H,4-5,8,11-12,23H2,1-3H3,(H,24,27,28). The van der Waals surface area contributed by atoms with Crippen LogP contribution in [-0.4, -0.2) is 16.1 Å². The number of aromatic amines is 1. The Labute approximate surface area is 163 Å². The van der Waals surface area contributed by atoms with Gasteiger partial charge in [-0.15, -0.1) is 0 Å². The van der Waals surface area contributed by atoms with Gasteiger partial charge in [-0.05, 0) is 30.5 Å². The van der Waals surface area contributed by atoms with Gasteiger partial charge in [0.05, 0.1) is 11.6 Å². The number of hydrogen-bond donors (Lipinski definition) is 2. The summed E-state index contributed by atoms with van der Waals surface area (Å²) >= 11 is 0. The Morgan fingerprint density at radius 2 is 2.07 bits per heavy atom. The second-order valence-corrected chi connectivity index (χ2v) is 7.19. The number of hydrogen-bond acceptors (Lipinski definition) is 5. The normalized spacial score (nSPS) is 10.9. The number of rotatable bonds is 8. The van der Waals surface area contributed by atoms with Crippen molar-refractivity contribution >= 4 is 11.5 Å². The van der Waals surface area contributed by atoms with Crippen LogP contribution in [-0.2, 0) is 13.1 Å². The van der Waals surface area contributed by atoms with E-state index in [0.29, 0.717) is 18.7 Å². The summed E-state index contributed by atoms with van der Waals surface area (Å²) < 4.78 is 15.6. The molecule has 1 heterocycles. The molecule has 1 aromatic heterocycles. The molecule has 2 aromatic rings. The van der Waals surface area contributed by atoms with Gasteiger partial charge in [0.1, 0.15) is 17.3 Å². The van der Waals surface area contributed by atoms with E-state index >= 15 is 0 Å². The first-order valence-corrected chi connectivity index (χ1v) is 9.34. The van der Waals surface area contributed by atoms with Crippen molar-refractivity contribution in [1.29, 1.82) is 5.26 Å². The van der Waals surface area contributed by atoms with Crippen LogP contribution in [0.2, 0.25) is 0 Å². The second-order valence-electron chi connectivity index (χ2n) is 7.19. The number of H-pyrrole nitrogens is 1. The number of anilines is 2. The van der Waals surface area contributed by atoms with Crippen LogP contribution < -0.4 is 21.9 Å². The molecule has 0 aliphatic rings. The van der Waals surface area contributed by atoms with E-state index in [9.17, 15) is 14.0 Å². The van der Waals surface area contributed by atoms with Crippen molar-refractivity contribution in [2.45, 2.75) is 46.7 Å². The SMILES string of the molecule is CCCCN(Cc1cc(C#N)ccc1F)c1c(N)n(CC(C)C)c(=O)[nH]c1=O. The van der Waals surface area contributed by atoms with Crippen LogP contribution in [0.5, 0.6) is 0 Å². The molecule has 0 spiro atoms. The fourth-order valence-electron chi connectivity index (χ4n) is 3.02. The quantitative estimate of drug-likeness (QED) is 0.724. The second kappa shape index (κ2) is 9.22. The van der Waals surface area contributed by atoms with Gasteiger partial charge in [0.25, 0.3) is 5.56 Å². The van der Waals surface area contributed by atoms with Crippen LogP contribution in [0, 0.1) is 23.1 Å². The molecule has 0 amide bonds. The van der Waals surface area contributed by atoms with Gasteiger partial charge in [-0.1, -0.05) is 27.2 Å². The van der Waals surface area contributed by atoms with E-state index < -0.39 is 17.1 Å². The third-order valence-electron chi connectivity index (χ3n) is 4.40. The number of nitrogen functional groups attached to an aromatic ring is 1. The lowest BCUT2D eigenvalue weighted by molar-refractivity contribution is 0.506. The fourth-order valence-corrected chi connectivity index (χ4v) is 3.02. The number of nitriles is 1. The van der Waals surface area contributed by atoms with Crippen molar-refractivity contribution in [3.63, 3.8) is 0 Å². The molecule has 3 N–H and O–H groups in total. The monoisotopic (exact) mass is 387 g/mol. The molecule has 0 saturated carbocycles. The van der Waals surface area contributed by atoms with Crippen molar-refractivity contribution < 1.29 is 4.39 Å². The summed E-state index contributed by atoms with van der Waals surface area (Å²) in [7, 11) is 0. The zero-order chi connectivity index (χ0) is 20.8. The highest BCUT2D eigenvalue weighted by molar-refractivity contribution is 5.62.